The van der Waals surface area contributed by atoms with E-state index < -0.39 is 0 Å². The Labute approximate surface area is 86.6 Å². The van der Waals surface area contributed by atoms with Gasteiger partial charge in [0, 0.05) is 15.2 Å². The Balaban J connectivity index is 2.80. The molecule has 62 valence electrons. The second-order valence-corrected chi connectivity index (χ2v) is 4.01. The number of nitrogens with one attached hydrogen (secondary N) is 1. The van der Waals surface area contributed by atoms with Crippen molar-refractivity contribution in [3.8, 4) is 0 Å². The van der Waals surface area contributed by atoms with Gasteiger partial charge in [0.25, 0.3) is 0 Å². The Bertz CT molecular complexity index is 408. The Morgan fingerprint density at radius 1 is 1.42 bits per heavy atom. The minimum atomic E-state index is 0.838. The lowest BCUT2D eigenvalue weighted by Crippen LogP contribution is -1.80. The summed E-state index contributed by atoms with van der Waals surface area (Å²) in [5.74, 6) is 0. The highest BCUT2D eigenvalue weighted by Gasteiger charge is 2.02. The van der Waals surface area contributed by atoms with Crippen LogP contribution in [0.4, 0.5) is 0 Å². The summed E-state index contributed by atoms with van der Waals surface area (Å²) >= 11 is 6.88. The SMILES string of the molecule is BrCc1cc(Br)cc2cn[nH]c12. The molecule has 1 N–H and O–H groups in total. The van der Waals surface area contributed by atoms with Crippen molar-refractivity contribution in [3.05, 3.63) is 28.4 Å². The zero-order valence-electron chi connectivity index (χ0n) is 6.14. The summed E-state index contributed by atoms with van der Waals surface area (Å²) in [6, 6.07) is 4.13. The van der Waals surface area contributed by atoms with Crippen LogP contribution < -0.4 is 0 Å². The zero-order chi connectivity index (χ0) is 8.55. The molecule has 0 spiro atoms. The van der Waals surface area contributed by atoms with Gasteiger partial charge in [-0.2, -0.15) is 5.10 Å². The zero-order valence-corrected chi connectivity index (χ0v) is 9.31. The Kier molecular flexibility index (Phi) is 2.19. The van der Waals surface area contributed by atoms with Crippen molar-refractivity contribution in [2.24, 2.45) is 0 Å². The number of H-pyrrole nitrogens is 1. The highest BCUT2D eigenvalue weighted by atomic mass is 79.9. The van der Waals surface area contributed by atoms with Crippen LogP contribution in [0, 0.1) is 0 Å². The Morgan fingerprint density at radius 3 is 3.00 bits per heavy atom. The van der Waals surface area contributed by atoms with Gasteiger partial charge in [-0.1, -0.05) is 31.9 Å². The van der Waals surface area contributed by atoms with Crippen molar-refractivity contribution < 1.29 is 0 Å². The summed E-state index contributed by atoms with van der Waals surface area (Å²) in [6.07, 6.45) is 1.83. The fourth-order valence-electron chi connectivity index (χ4n) is 1.20. The predicted octanol–water partition coefficient (Wildman–Crippen LogP) is 3.22. The summed E-state index contributed by atoms with van der Waals surface area (Å²) in [5.41, 5.74) is 2.33. The molecular formula is C8H6Br2N2. The van der Waals surface area contributed by atoms with Gasteiger partial charge in [0.15, 0.2) is 0 Å². The molecule has 12 heavy (non-hydrogen) atoms. The lowest BCUT2D eigenvalue weighted by atomic mass is 10.2. The van der Waals surface area contributed by atoms with E-state index >= 15 is 0 Å². The standard InChI is InChI=1S/C8H6Br2N2/c9-3-5-1-7(10)2-6-4-11-12-8(5)6/h1-2,4H,3H2,(H,11,12). The summed E-state index contributed by atoms with van der Waals surface area (Å²) in [6.45, 7) is 0. The molecule has 0 aliphatic rings. The van der Waals surface area contributed by atoms with Crippen molar-refractivity contribution in [3.63, 3.8) is 0 Å². The third-order valence-electron chi connectivity index (χ3n) is 1.74. The number of nitrogens with zero attached hydrogens (tertiary/aromatic N) is 1. The molecule has 1 heterocycles. The monoisotopic (exact) mass is 288 g/mol. The number of fused-ring (bicyclic) bond motifs is 1. The van der Waals surface area contributed by atoms with Crippen LogP contribution in [0.5, 0.6) is 0 Å². The molecule has 0 atom stereocenters. The predicted molar refractivity (Wildman–Crippen MR) is 56.4 cm³/mol. The Hall–Kier alpha value is -0.350. The second kappa shape index (κ2) is 3.18. The van der Waals surface area contributed by atoms with Gasteiger partial charge >= 0.3 is 0 Å². The number of hydrogen-bond acceptors (Lipinski definition) is 1. The summed E-state index contributed by atoms with van der Waals surface area (Å²) < 4.78 is 1.09. The van der Waals surface area contributed by atoms with Crippen molar-refractivity contribution in [2.45, 2.75) is 5.33 Å². The quantitative estimate of drug-likeness (QED) is 0.803. The lowest BCUT2D eigenvalue weighted by Gasteiger charge is -1.98. The molecule has 0 saturated heterocycles. The third-order valence-corrected chi connectivity index (χ3v) is 2.80. The molecule has 2 aromatic rings. The van der Waals surface area contributed by atoms with E-state index in [4.69, 9.17) is 0 Å². The van der Waals surface area contributed by atoms with Crippen LogP contribution in [0.3, 0.4) is 0 Å². The van der Waals surface area contributed by atoms with Gasteiger partial charge in [0.1, 0.15) is 0 Å². The minimum Gasteiger partial charge on any atom is -0.278 e. The second-order valence-electron chi connectivity index (χ2n) is 2.53. The number of halogens is 2. The van der Waals surface area contributed by atoms with Gasteiger partial charge < -0.3 is 0 Å². The molecule has 0 bridgehead atoms. The third kappa shape index (κ3) is 1.29. The fraction of sp³-hybridized carbons (Fsp3) is 0.125. The van der Waals surface area contributed by atoms with Crippen LogP contribution in [0.2, 0.25) is 0 Å². The van der Waals surface area contributed by atoms with Gasteiger partial charge in [-0.25, -0.2) is 0 Å². The van der Waals surface area contributed by atoms with Gasteiger partial charge in [-0.3, -0.25) is 5.10 Å². The van der Waals surface area contributed by atoms with E-state index in [1.165, 1.54) is 5.56 Å². The number of alkyl halides is 1. The maximum atomic E-state index is 3.98. The average Bonchev–Trinajstić information content (AvgIpc) is 2.50. The van der Waals surface area contributed by atoms with Crippen molar-refractivity contribution in [2.75, 3.05) is 0 Å². The minimum absolute atomic E-state index is 0.838. The first-order chi connectivity index (χ1) is 5.81. The first-order valence-electron chi connectivity index (χ1n) is 3.48. The van der Waals surface area contributed by atoms with Crippen LogP contribution >= 0.6 is 31.9 Å². The molecule has 1 aromatic heterocycles. The highest BCUT2D eigenvalue weighted by Crippen LogP contribution is 2.23. The topological polar surface area (TPSA) is 28.7 Å². The first-order valence-corrected chi connectivity index (χ1v) is 5.40. The van der Waals surface area contributed by atoms with Crippen LogP contribution in [-0.2, 0) is 5.33 Å². The van der Waals surface area contributed by atoms with Crippen molar-refractivity contribution in [1.82, 2.24) is 10.2 Å². The van der Waals surface area contributed by atoms with Crippen LogP contribution in [0.25, 0.3) is 10.9 Å². The van der Waals surface area contributed by atoms with Crippen LogP contribution in [-0.4, -0.2) is 10.2 Å². The van der Waals surface area contributed by atoms with Crippen molar-refractivity contribution in [1.29, 1.82) is 0 Å². The summed E-state index contributed by atoms with van der Waals surface area (Å²) in [7, 11) is 0. The Morgan fingerprint density at radius 2 is 2.25 bits per heavy atom. The molecule has 0 aliphatic heterocycles. The summed E-state index contributed by atoms with van der Waals surface area (Å²) in [5, 5.41) is 8.93. The van der Waals surface area contributed by atoms with E-state index in [0.717, 1.165) is 20.7 Å². The number of benzene rings is 1. The molecule has 0 aliphatic carbocycles. The average molecular weight is 290 g/mol. The molecule has 0 saturated carbocycles. The maximum absolute atomic E-state index is 3.98. The first kappa shape index (κ1) is 8.26. The molecule has 2 rings (SSSR count). The van der Waals surface area contributed by atoms with E-state index in [9.17, 15) is 0 Å². The summed E-state index contributed by atoms with van der Waals surface area (Å²) in [4.78, 5) is 0. The fourth-order valence-corrected chi connectivity index (χ4v) is 2.16. The molecule has 0 radical (unpaired) electrons. The normalized spacial score (nSPS) is 10.8. The molecule has 4 heteroatoms. The highest BCUT2D eigenvalue weighted by molar-refractivity contribution is 9.10. The van der Waals surface area contributed by atoms with Gasteiger partial charge in [0.2, 0.25) is 0 Å². The van der Waals surface area contributed by atoms with Gasteiger partial charge in [0.05, 0.1) is 11.7 Å². The number of aromatic nitrogens is 2. The van der Waals surface area contributed by atoms with Crippen LogP contribution in [0.1, 0.15) is 5.56 Å². The van der Waals surface area contributed by atoms with E-state index in [-0.39, 0.29) is 0 Å². The number of hydrogen-bond donors (Lipinski definition) is 1. The van der Waals surface area contributed by atoms with E-state index in [0.29, 0.717) is 0 Å². The maximum Gasteiger partial charge on any atom is 0.0691 e. The lowest BCUT2D eigenvalue weighted by molar-refractivity contribution is 1.11. The molecule has 1 aromatic carbocycles. The molecular weight excluding hydrogens is 284 g/mol. The van der Waals surface area contributed by atoms with Crippen molar-refractivity contribution >= 4 is 42.8 Å². The number of aromatic amines is 1. The van der Waals surface area contributed by atoms with Gasteiger partial charge in [-0.05, 0) is 17.7 Å². The van der Waals surface area contributed by atoms with E-state index in [1.807, 2.05) is 12.3 Å². The molecule has 2 nitrogen and oxygen atoms in total. The van der Waals surface area contributed by atoms with E-state index in [2.05, 4.69) is 48.1 Å². The smallest absolute Gasteiger partial charge is 0.0691 e. The van der Waals surface area contributed by atoms with E-state index in [1.54, 1.807) is 0 Å². The molecule has 0 amide bonds. The largest absolute Gasteiger partial charge is 0.278 e. The van der Waals surface area contributed by atoms with Gasteiger partial charge in [-0.15, -0.1) is 0 Å². The molecule has 0 unspecified atom stereocenters. The molecule has 0 fully saturated rings. The number of rotatable bonds is 1. The van der Waals surface area contributed by atoms with Crippen LogP contribution in [0.15, 0.2) is 22.8 Å².